The Hall–Kier alpha value is -1.26. The number of nitrogens with zero attached hydrogens (tertiary/aromatic N) is 1. The zero-order chi connectivity index (χ0) is 17.4. The highest BCUT2D eigenvalue weighted by Crippen LogP contribution is 2.24. The van der Waals surface area contributed by atoms with Crippen LogP contribution in [0.15, 0.2) is 18.2 Å². The molecule has 128 valence electrons. The highest BCUT2D eigenvalue weighted by molar-refractivity contribution is 6.42. The first-order valence-corrected chi connectivity index (χ1v) is 8.71. The molecule has 0 radical (unpaired) electrons. The summed E-state index contributed by atoms with van der Waals surface area (Å²) in [6, 6.07) is 4.78. The third-order valence-corrected chi connectivity index (χ3v) is 4.28. The Morgan fingerprint density at radius 3 is 2.39 bits per heavy atom. The van der Waals surface area contributed by atoms with Crippen molar-refractivity contribution in [2.75, 3.05) is 6.54 Å². The zero-order valence-corrected chi connectivity index (χ0v) is 15.4. The Morgan fingerprint density at radius 1 is 1.17 bits per heavy atom. The molecule has 0 aliphatic heterocycles. The van der Waals surface area contributed by atoms with Gasteiger partial charge in [-0.25, -0.2) is 0 Å². The Balaban J connectivity index is 3.05. The Bertz CT molecular complexity index is 549. The molecule has 0 aliphatic rings. The van der Waals surface area contributed by atoms with Crippen LogP contribution in [0, 0.1) is 0 Å². The smallest absolute Gasteiger partial charge is 0.242 e. The van der Waals surface area contributed by atoms with Gasteiger partial charge in [-0.1, -0.05) is 43.1 Å². The van der Waals surface area contributed by atoms with Gasteiger partial charge in [-0.15, -0.1) is 0 Å². The fraction of sp³-hybridized carbons (Fsp3) is 0.529. The maximum absolute atomic E-state index is 12.5. The summed E-state index contributed by atoms with van der Waals surface area (Å²) < 4.78 is 0. The fourth-order valence-corrected chi connectivity index (χ4v) is 2.72. The molecule has 0 bridgehead atoms. The van der Waals surface area contributed by atoms with Crippen molar-refractivity contribution in [1.82, 2.24) is 10.2 Å². The monoisotopic (exact) mass is 358 g/mol. The molecule has 0 spiro atoms. The van der Waals surface area contributed by atoms with E-state index in [-0.39, 0.29) is 11.8 Å². The second-order valence-electron chi connectivity index (χ2n) is 5.34. The second-order valence-corrected chi connectivity index (χ2v) is 6.15. The van der Waals surface area contributed by atoms with E-state index in [4.69, 9.17) is 23.2 Å². The lowest BCUT2D eigenvalue weighted by Gasteiger charge is -2.30. The van der Waals surface area contributed by atoms with Crippen molar-refractivity contribution in [2.24, 2.45) is 0 Å². The molecule has 2 amide bonds. The summed E-state index contributed by atoms with van der Waals surface area (Å²) in [5, 5.41) is 3.71. The summed E-state index contributed by atoms with van der Waals surface area (Å²) in [6.45, 7) is 6.59. The van der Waals surface area contributed by atoms with E-state index in [2.05, 4.69) is 5.32 Å². The van der Waals surface area contributed by atoms with Gasteiger partial charge in [-0.2, -0.15) is 0 Å². The van der Waals surface area contributed by atoms with Crippen LogP contribution in [-0.4, -0.2) is 29.3 Å². The molecule has 1 N–H and O–H groups in total. The van der Waals surface area contributed by atoms with Crippen LogP contribution in [0.5, 0.6) is 0 Å². The largest absolute Gasteiger partial charge is 0.355 e. The standard InChI is InChI=1S/C17H24Cl2N2O2/c1-4-7-16(22)21(15(5-2)17(23)20-6-3)11-12-8-9-13(18)14(19)10-12/h8-10,15H,4-7,11H2,1-3H3,(H,20,23)/t15-/m1/s1. The van der Waals surface area contributed by atoms with Crippen LogP contribution >= 0.6 is 23.2 Å². The quantitative estimate of drug-likeness (QED) is 0.762. The van der Waals surface area contributed by atoms with Crippen LogP contribution in [-0.2, 0) is 16.1 Å². The fourth-order valence-electron chi connectivity index (χ4n) is 2.40. The van der Waals surface area contributed by atoms with E-state index < -0.39 is 6.04 Å². The van der Waals surface area contributed by atoms with Crippen molar-refractivity contribution in [2.45, 2.75) is 52.6 Å². The maximum atomic E-state index is 12.5. The summed E-state index contributed by atoms with van der Waals surface area (Å²) in [5.41, 5.74) is 0.853. The summed E-state index contributed by atoms with van der Waals surface area (Å²) in [6.07, 6.45) is 1.71. The molecule has 0 aliphatic carbocycles. The van der Waals surface area contributed by atoms with Gasteiger partial charge in [-0.3, -0.25) is 9.59 Å². The van der Waals surface area contributed by atoms with Gasteiger partial charge >= 0.3 is 0 Å². The number of carbonyl (C=O) groups excluding carboxylic acids is 2. The summed E-state index contributed by atoms with van der Waals surface area (Å²) >= 11 is 12.0. The van der Waals surface area contributed by atoms with Crippen LogP contribution < -0.4 is 5.32 Å². The zero-order valence-electron chi connectivity index (χ0n) is 13.9. The molecule has 1 aromatic carbocycles. The van der Waals surface area contributed by atoms with E-state index in [1.165, 1.54) is 0 Å². The number of nitrogens with one attached hydrogen (secondary N) is 1. The molecule has 0 aromatic heterocycles. The molecule has 0 fully saturated rings. The normalized spacial score (nSPS) is 11.9. The topological polar surface area (TPSA) is 49.4 Å². The Kier molecular flexibility index (Phi) is 8.42. The molecule has 1 rings (SSSR count). The number of hydrogen-bond donors (Lipinski definition) is 1. The van der Waals surface area contributed by atoms with Crippen molar-refractivity contribution < 1.29 is 9.59 Å². The van der Waals surface area contributed by atoms with Crippen molar-refractivity contribution >= 4 is 35.0 Å². The number of hydrogen-bond acceptors (Lipinski definition) is 2. The summed E-state index contributed by atoms with van der Waals surface area (Å²) in [5.74, 6) is -0.156. The lowest BCUT2D eigenvalue weighted by molar-refractivity contribution is -0.141. The van der Waals surface area contributed by atoms with Gasteiger partial charge in [0.15, 0.2) is 0 Å². The van der Waals surface area contributed by atoms with Crippen LogP contribution in [0.3, 0.4) is 0 Å². The molecular formula is C17H24Cl2N2O2. The molecule has 0 saturated carbocycles. The molecule has 4 nitrogen and oxygen atoms in total. The minimum atomic E-state index is -0.483. The molecule has 0 unspecified atom stereocenters. The Labute approximate surface area is 148 Å². The SMILES string of the molecule is CCCC(=O)N(Cc1ccc(Cl)c(Cl)c1)[C@H](CC)C(=O)NCC. The average Bonchev–Trinajstić information content (AvgIpc) is 2.51. The highest BCUT2D eigenvalue weighted by Gasteiger charge is 2.27. The number of amides is 2. The van der Waals surface area contributed by atoms with Gasteiger partial charge in [0.25, 0.3) is 0 Å². The number of halogens is 2. The lowest BCUT2D eigenvalue weighted by atomic mass is 10.1. The van der Waals surface area contributed by atoms with E-state index in [0.717, 1.165) is 12.0 Å². The van der Waals surface area contributed by atoms with Crippen molar-refractivity contribution in [1.29, 1.82) is 0 Å². The number of likely N-dealkylation sites (N-methyl/N-ethyl adjacent to an activating group) is 1. The van der Waals surface area contributed by atoms with E-state index >= 15 is 0 Å². The molecular weight excluding hydrogens is 335 g/mol. The number of carbonyl (C=O) groups is 2. The van der Waals surface area contributed by atoms with Gasteiger partial charge in [0.2, 0.25) is 11.8 Å². The number of rotatable bonds is 8. The minimum absolute atomic E-state index is 0.0309. The van der Waals surface area contributed by atoms with Crippen molar-refractivity contribution in [3.05, 3.63) is 33.8 Å². The first kappa shape index (κ1) is 19.8. The van der Waals surface area contributed by atoms with E-state index in [0.29, 0.717) is 36.0 Å². The Morgan fingerprint density at radius 2 is 1.87 bits per heavy atom. The molecule has 6 heteroatoms. The van der Waals surface area contributed by atoms with Crippen LogP contribution in [0.1, 0.15) is 45.6 Å². The van der Waals surface area contributed by atoms with Crippen molar-refractivity contribution in [3.63, 3.8) is 0 Å². The first-order chi connectivity index (χ1) is 10.9. The third-order valence-electron chi connectivity index (χ3n) is 3.54. The van der Waals surface area contributed by atoms with E-state index in [1.54, 1.807) is 17.0 Å². The minimum Gasteiger partial charge on any atom is -0.355 e. The molecule has 1 aromatic rings. The molecule has 23 heavy (non-hydrogen) atoms. The second kappa shape index (κ2) is 9.78. The van der Waals surface area contributed by atoms with Gasteiger partial charge in [0.1, 0.15) is 6.04 Å². The lowest BCUT2D eigenvalue weighted by Crippen LogP contribution is -2.48. The van der Waals surface area contributed by atoms with Crippen LogP contribution in [0.4, 0.5) is 0 Å². The van der Waals surface area contributed by atoms with E-state index in [9.17, 15) is 9.59 Å². The molecule has 0 saturated heterocycles. The predicted molar refractivity (Wildman–Crippen MR) is 94.7 cm³/mol. The van der Waals surface area contributed by atoms with Crippen molar-refractivity contribution in [3.8, 4) is 0 Å². The molecule has 1 atom stereocenters. The molecule has 0 heterocycles. The summed E-state index contributed by atoms with van der Waals surface area (Å²) in [4.78, 5) is 26.4. The summed E-state index contributed by atoms with van der Waals surface area (Å²) in [7, 11) is 0. The third kappa shape index (κ3) is 5.70. The van der Waals surface area contributed by atoms with Crippen LogP contribution in [0.25, 0.3) is 0 Å². The predicted octanol–water partition coefficient (Wildman–Crippen LogP) is 4.04. The van der Waals surface area contributed by atoms with Crippen LogP contribution in [0.2, 0.25) is 10.0 Å². The highest BCUT2D eigenvalue weighted by atomic mass is 35.5. The maximum Gasteiger partial charge on any atom is 0.242 e. The van der Waals surface area contributed by atoms with Gasteiger partial charge in [0, 0.05) is 19.5 Å². The van der Waals surface area contributed by atoms with Gasteiger partial charge in [0.05, 0.1) is 10.0 Å². The number of benzene rings is 1. The van der Waals surface area contributed by atoms with Gasteiger partial charge in [-0.05, 0) is 37.5 Å². The van der Waals surface area contributed by atoms with Gasteiger partial charge < -0.3 is 10.2 Å². The first-order valence-electron chi connectivity index (χ1n) is 7.95. The van der Waals surface area contributed by atoms with E-state index in [1.807, 2.05) is 26.8 Å². The average molecular weight is 359 g/mol.